The molecule has 0 aliphatic carbocycles. The average Bonchev–Trinajstić information content (AvgIpc) is 2.78. The van der Waals surface area contributed by atoms with Crippen LogP contribution >= 0.6 is 0 Å². The second kappa shape index (κ2) is 8.50. The minimum atomic E-state index is -3.58. The lowest BCUT2D eigenvalue weighted by Crippen LogP contribution is -2.40. The van der Waals surface area contributed by atoms with Crippen LogP contribution in [0.2, 0.25) is 0 Å². The Bertz CT molecular complexity index is 1220. The summed E-state index contributed by atoms with van der Waals surface area (Å²) in [6.07, 6.45) is 6.98. The van der Waals surface area contributed by atoms with Gasteiger partial charge in [0.1, 0.15) is 10.7 Å². The van der Waals surface area contributed by atoms with Gasteiger partial charge in [-0.25, -0.2) is 22.8 Å². The van der Waals surface area contributed by atoms with Crippen molar-refractivity contribution in [2.45, 2.75) is 23.7 Å². The van der Waals surface area contributed by atoms with Crippen LogP contribution in [0, 0.1) is 5.82 Å². The molecule has 0 bridgehead atoms. The maximum absolute atomic E-state index is 14.1. The van der Waals surface area contributed by atoms with Gasteiger partial charge in [0.15, 0.2) is 15.7 Å². The summed E-state index contributed by atoms with van der Waals surface area (Å²) in [5.74, 6) is -0.932. The average molecular weight is 441 g/mol. The molecule has 0 N–H and O–H groups in total. The predicted molar refractivity (Wildman–Crippen MR) is 113 cm³/mol. The van der Waals surface area contributed by atoms with Gasteiger partial charge in [-0.15, -0.1) is 0 Å². The van der Waals surface area contributed by atoms with Gasteiger partial charge in [0, 0.05) is 49.4 Å². The van der Waals surface area contributed by atoms with Gasteiger partial charge >= 0.3 is 0 Å². The first-order chi connectivity index (χ1) is 14.8. The lowest BCUT2D eigenvalue weighted by atomic mass is 9.93. The fourth-order valence-corrected chi connectivity index (χ4v) is 4.62. The number of carbonyl (C=O) groups excluding carboxylic acids is 1. The molecule has 0 unspecified atom stereocenters. The number of carbonyl (C=O) groups is 1. The third kappa shape index (κ3) is 4.46. The van der Waals surface area contributed by atoms with E-state index in [0.717, 1.165) is 6.26 Å². The zero-order valence-corrected chi connectivity index (χ0v) is 17.7. The number of halogens is 1. The lowest BCUT2D eigenvalue weighted by molar-refractivity contribution is 0.0700. The van der Waals surface area contributed by atoms with Crippen LogP contribution in [-0.4, -0.2) is 53.5 Å². The van der Waals surface area contributed by atoms with Crippen molar-refractivity contribution in [3.63, 3.8) is 0 Å². The molecule has 4 rings (SSSR count). The standard InChI is InChI=1S/C22H21FN4O3S/c1-31(29,30)19-13-25-21(15-6-4-10-24-12-15)26-20(19)16-7-5-11-27(14-16)22(28)17-8-2-3-9-18(17)23/h2-4,6,8-10,12-13,16H,5,7,11,14H2,1H3/t16-/m1/s1. The van der Waals surface area contributed by atoms with Crippen molar-refractivity contribution in [2.75, 3.05) is 19.3 Å². The van der Waals surface area contributed by atoms with E-state index < -0.39 is 21.6 Å². The molecule has 1 aliphatic rings. The van der Waals surface area contributed by atoms with E-state index in [-0.39, 0.29) is 22.9 Å². The van der Waals surface area contributed by atoms with Gasteiger partial charge in [-0.1, -0.05) is 12.1 Å². The van der Waals surface area contributed by atoms with Crippen molar-refractivity contribution in [3.05, 3.63) is 72.1 Å². The first-order valence-corrected chi connectivity index (χ1v) is 11.7. The van der Waals surface area contributed by atoms with E-state index in [9.17, 15) is 17.6 Å². The molecule has 31 heavy (non-hydrogen) atoms. The van der Waals surface area contributed by atoms with Gasteiger partial charge in [-0.3, -0.25) is 9.78 Å². The minimum Gasteiger partial charge on any atom is -0.338 e. The summed E-state index contributed by atoms with van der Waals surface area (Å²) < 4.78 is 38.9. The van der Waals surface area contributed by atoms with E-state index in [1.807, 2.05) is 0 Å². The Balaban J connectivity index is 1.70. The number of pyridine rings is 1. The summed E-state index contributed by atoms with van der Waals surface area (Å²) in [7, 11) is -3.58. The number of piperidine rings is 1. The number of sulfone groups is 1. The van der Waals surface area contributed by atoms with E-state index in [0.29, 0.717) is 36.5 Å². The highest BCUT2D eigenvalue weighted by molar-refractivity contribution is 7.90. The molecule has 160 valence electrons. The van der Waals surface area contributed by atoms with Crippen LogP contribution in [0.4, 0.5) is 4.39 Å². The monoisotopic (exact) mass is 440 g/mol. The fraction of sp³-hybridized carbons (Fsp3) is 0.273. The smallest absolute Gasteiger partial charge is 0.256 e. The second-order valence-electron chi connectivity index (χ2n) is 7.53. The molecule has 2 aromatic heterocycles. The second-order valence-corrected chi connectivity index (χ2v) is 9.51. The molecule has 7 nitrogen and oxygen atoms in total. The SMILES string of the molecule is CS(=O)(=O)c1cnc(-c2cccnc2)nc1[C@@H]1CCCN(C(=O)c2ccccc2F)C1. The maximum Gasteiger partial charge on any atom is 0.256 e. The highest BCUT2D eigenvalue weighted by Crippen LogP contribution is 2.32. The van der Waals surface area contributed by atoms with Gasteiger partial charge in [0.05, 0.1) is 11.3 Å². The van der Waals surface area contributed by atoms with Crippen molar-refractivity contribution in [3.8, 4) is 11.4 Å². The molecule has 1 aliphatic heterocycles. The Labute approximate surface area is 179 Å². The van der Waals surface area contributed by atoms with Gasteiger partial charge in [-0.05, 0) is 37.1 Å². The molecule has 1 aromatic carbocycles. The van der Waals surface area contributed by atoms with E-state index in [1.54, 1.807) is 35.5 Å². The molecular weight excluding hydrogens is 419 g/mol. The first kappa shape index (κ1) is 21.0. The first-order valence-electron chi connectivity index (χ1n) is 9.86. The van der Waals surface area contributed by atoms with Crippen LogP contribution in [-0.2, 0) is 9.84 Å². The molecule has 1 saturated heterocycles. The van der Waals surface area contributed by atoms with Crippen LogP contribution in [0.15, 0.2) is 59.9 Å². The zero-order chi connectivity index (χ0) is 22.0. The topological polar surface area (TPSA) is 93.1 Å². The normalized spacial score (nSPS) is 16.8. The summed E-state index contributed by atoms with van der Waals surface area (Å²) in [4.78, 5) is 27.4. The summed E-state index contributed by atoms with van der Waals surface area (Å²) in [6, 6.07) is 9.39. The van der Waals surface area contributed by atoms with Crippen molar-refractivity contribution < 1.29 is 17.6 Å². The third-order valence-electron chi connectivity index (χ3n) is 5.30. The molecule has 1 amide bonds. The quantitative estimate of drug-likeness (QED) is 0.619. The Morgan fingerprint density at radius 3 is 2.68 bits per heavy atom. The van der Waals surface area contributed by atoms with E-state index in [1.165, 1.54) is 24.4 Å². The van der Waals surface area contributed by atoms with Crippen LogP contribution in [0.5, 0.6) is 0 Å². The van der Waals surface area contributed by atoms with E-state index >= 15 is 0 Å². The number of likely N-dealkylation sites (tertiary alicyclic amines) is 1. The molecule has 3 aromatic rings. The van der Waals surface area contributed by atoms with Crippen molar-refractivity contribution in [1.29, 1.82) is 0 Å². The fourth-order valence-electron chi connectivity index (χ4n) is 3.79. The van der Waals surface area contributed by atoms with Gasteiger partial charge in [0.2, 0.25) is 0 Å². The van der Waals surface area contributed by atoms with Crippen molar-refractivity contribution in [1.82, 2.24) is 19.9 Å². The molecule has 9 heteroatoms. The number of benzene rings is 1. The molecule has 0 radical (unpaired) electrons. The summed E-state index contributed by atoms with van der Waals surface area (Å²) >= 11 is 0. The third-order valence-corrected chi connectivity index (χ3v) is 6.42. The Morgan fingerprint density at radius 1 is 1.16 bits per heavy atom. The number of aromatic nitrogens is 3. The highest BCUT2D eigenvalue weighted by Gasteiger charge is 2.31. The molecule has 1 fully saturated rings. The predicted octanol–water partition coefficient (Wildman–Crippen LogP) is 3.10. The molecular formula is C22H21FN4O3S. The largest absolute Gasteiger partial charge is 0.338 e. The molecule has 1 atom stereocenters. The number of hydrogen-bond donors (Lipinski definition) is 0. The van der Waals surface area contributed by atoms with Crippen LogP contribution in [0.3, 0.4) is 0 Å². The number of hydrogen-bond acceptors (Lipinski definition) is 6. The van der Waals surface area contributed by atoms with Crippen LogP contribution in [0.25, 0.3) is 11.4 Å². The van der Waals surface area contributed by atoms with E-state index in [4.69, 9.17) is 0 Å². The molecule has 0 spiro atoms. The van der Waals surface area contributed by atoms with E-state index in [2.05, 4.69) is 15.0 Å². The van der Waals surface area contributed by atoms with Gasteiger partial charge < -0.3 is 4.90 Å². The van der Waals surface area contributed by atoms with Crippen molar-refractivity contribution >= 4 is 15.7 Å². The molecule has 0 saturated carbocycles. The number of amides is 1. The zero-order valence-electron chi connectivity index (χ0n) is 16.9. The minimum absolute atomic E-state index is 0.00484. The van der Waals surface area contributed by atoms with Crippen LogP contribution < -0.4 is 0 Å². The number of nitrogens with zero attached hydrogens (tertiary/aromatic N) is 4. The summed E-state index contributed by atoms with van der Waals surface area (Å²) in [5, 5.41) is 0. The Hall–Kier alpha value is -3.20. The highest BCUT2D eigenvalue weighted by atomic mass is 32.2. The van der Waals surface area contributed by atoms with Crippen molar-refractivity contribution in [2.24, 2.45) is 0 Å². The Morgan fingerprint density at radius 2 is 1.97 bits per heavy atom. The van der Waals surface area contributed by atoms with Gasteiger partial charge in [0.25, 0.3) is 5.91 Å². The summed E-state index contributed by atoms with van der Waals surface area (Å²) in [6.45, 7) is 0.720. The van der Waals surface area contributed by atoms with Gasteiger partial charge in [-0.2, -0.15) is 0 Å². The lowest BCUT2D eigenvalue weighted by Gasteiger charge is -2.33. The molecule has 3 heterocycles. The van der Waals surface area contributed by atoms with Crippen LogP contribution in [0.1, 0.15) is 34.8 Å². The Kier molecular flexibility index (Phi) is 5.77. The summed E-state index contributed by atoms with van der Waals surface area (Å²) in [5.41, 5.74) is 1.05. The maximum atomic E-state index is 14.1. The number of rotatable bonds is 4.